The number of benzene rings is 2. The fourth-order valence-electron chi connectivity index (χ4n) is 3.28. The van der Waals surface area contributed by atoms with E-state index in [1.165, 1.54) is 20.3 Å². The third-order valence-electron chi connectivity index (χ3n) is 4.60. The summed E-state index contributed by atoms with van der Waals surface area (Å²) in [5, 5.41) is 11.7. The van der Waals surface area contributed by atoms with Crippen LogP contribution in [0.15, 0.2) is 24.3 Å². The van der Waals surface area contributed by atoms with E-state index in [0.29, 0.717) is 35.8 Å². The minimum absolute atomic E-state index is 0.0970. The van der Waals surface area contributed by atoms with Crippen molar-refractivity contribution in [3.63, 3.8) is 0 Å². The molecule has 0 N–H and O–H groups in total. The number of rotatable bonds is 6. The molecule has 0 bridgehead atoms. The highest BCUT2D eigenvalue weighted by atomic mass is 16.6. The summed E-state index contributed by atoms with van der Waals surface area (Å²) < 4.78 is 27.2. The van der Waals surface area contributed by atoms with Gasteiger partial charge in [-0.2, -0.15) is 0 Å². The molecule has 0 saturated carbocycles. The van der Waals surface area contributed by atoms with Crippen LogP contribution in [-0.2, 0) is 11.2 Å². The van der Waals surface area contributed by atoms with Crippen LogP contribution in [0.25, 0.3) is 0 Å². The number of nitrogens with zero attached hydrogens (tertiary/aromatic N) is 1. The van der Waals surface area contributed by atoms with Crippen molar-refractivity contribution in [2.24, 2.45) is 0 Å². The Kier molecular flexibility index (Phi) is 5.36. The van der Waals surface area contributed by atoms with Crippen LogP contribution in [0.4, 0.5) is 5.69 Å². The molecule has 0 aromatic heterocycles. The molecule has 1 heterocycles. The lowest BCUT2D eigenvalue weighted by Gasteiger charge is -2.28. The van der Waals surface area contributed by atoms with Gasteiger partial charge in [0.05, 0.1) is 51.6 Å². The number of fused-ring (bicyclic) bond motifs is 1. The van der Waals surface area contributed by atoms with Gasteiger partial charge in [0, 0.05) is 0 Å². The minimum Gasteiger partial charge on any atom is -0.493 e. The number of nitro groups is 1. The van der Waals surface area contributed by atoms with Gasteiger partial charge in [-0.1, -0.05) is 0 Å². The Balaban J connectivity index is 2.20. The van der Waals surface area contributed by atoms with Crippen LogP contribution in [0.5, 0.6) is 23.0 Å². The van der Waals surface area contributed by atoms with E-state index in [4.69, 9.17) is 23.7 Å². The van der Waals surface area contributed by atoms with E-state index in [1.54, 1.807) is 26.4 Å². The maximum absolute atomic E-state index is 11.7. The predicted molar refractivity (Wildman–Crippen MR) is 97.2 cm³/mol. The molecule has 8 heteroatoms. The van der Waals surface area contributed by atoms with Crippen molar-refractivity contribution < 1.29 is 28.6 Å². The molecule has 1 atom stereocenters. The van der Waals surface area contributed by atoms with E-state index < -0.39 is 11.0 Å². The molecule has 27 heavy (non-hydrogen) atoms. The topological polar surface area (TPSA) is 89.3 Å². The molecular formula is C19H21NO7. The third-order valence-corrected chi connectivity index (χ3v) is 4.60. The molecule has 1 unspecified atom stereocenters. The Labute approximate surface area is 156 Å². The Bertz CT molecular complexity index is 866. The summed E-state index contributed by atoms with van der Waals surface area (Å²) in [6.07, 6.45) is 0.0431. The van der Waals surface area contributed by atoms with E-state index >= 15 is 0 Å². The Morgan fingerprint density at radius 3 is 1.96 bits per heavy atom. The molecule has 0 saturated heterocycles. The number of methoxy groups -OCH3 is 4. The molecule has 1 aliphatic rings. The SMILES string of the molecule is COc1cc2c(cc1OC)C(c1cc(OC)c(OC)cc1[N+](=O)[O-])OCC2. The summed E-state index contributed by atoms with van der Waals surface area (Å²) in [6.45, 7) is 0.429. The fourth-order valence-corrected chi connectivity index (χ4v) is 3.28. The van der Waals surface area contributed by atoms with Crippen molar-refractivity contribution in [2.75, 3.05) is 35.0 Å². The van der Waals surface area contributed by atoms with E-state index in [0.717, 1.165) is 11.1 Å². The van der Waals surface area contributed by atoms with Crippen molar-refractivity contribution in [2.45, 2.75) is 12.5 Å². The number of nitro benzene ring substituents is 1. The van der Waals surface area contributed by atoms with Gasteiger partial charge in [0.1, 0.15) is 6.10 Å². The van der Waals surface area contributed by atoms with Gasteiger partial charge in [-0.05, 0) is 35.7 Å². The first-order valence-corrected chi connectivity index (χ1v) is 8.30. The van der Waals surface area contributed by atoms with Crippen LogP contribution in [0.3, 0.4) is 0 Å². The number of ether oxygens (including phenoxy) is 5. The van der Waals surface area contributed by atoms with E-state index in [2.05, 4.69) is 0 Å². The van der Waals surface area contributed by atoms with Crippen molar-refractivity contribution in [3.8, 4) is 23.0 Å². The lowest BCUT2D eigenvalue weighted by Crippen LogP contribution is -2.19. The quantitative estimate of drug-likeness (QED) is 0.565. The van der Waals surface area contributed by atoms with Crippen molar-refractivity contribution in [1.29, 1.82) is 0 Å². The first kappa shape index (κ1) is 18.8. The van der Waals surface area contributed by atoms with Crippen molar-refractivity contribution in [1.82, 2.24) is 0 Å². The molecule has 8 nitrogen and oxygen atoms in total. The summed E-state index contributed by atoms with van der Waals surface area (Å²) in [5.74, 6) is 1.83. The zero-order valence-electron chi connectivity index (χ0n) is 15.6. The standard InChI is InChI=1S/C19H21NO7/c1-23-15-7-11-5-6-27-19(12(11)8-16(15)24-2)13-9-17(25-3)18(26-4)10-14(13)20(21)22/h7-10,19H,5-6H2,1-4H3. The van der Waals surface area contributed by atoms with Crippen LogP contribution in [0.1, 0.15) is 22.8 Å². The molecular weight excluding hydrogens is 354 g/mol. The monoisotopic (exact) mass is 375 g/mol. The zero-order valence-corrected chi connectivity index (χ0v) is 15.6. The molecule has 3 rings (SSSR count). The van der Waals surface area contributed by atoms with Gasteiger partial charge in [0.2, 0.25) is 0 Å². The third kappa shape index (κ3) is 3.35. The van der Waals surface area contributed by atoms with Gasteiger partial charge in [-0.25, -0.2) is 0 Å². The molecule has 0 fully saturated rings. The predicted octanol–water partition coefficient (Wildman–Crippen LogP) is 3.29. The maximum atomic E-state index is 11.7. The molecule has 0 amide bonds. The second-order valence-electron chi connectivity index (χ2n) is 5.93. The van der Waals surface area contributed by atoms with Gasteiger partial charge >= 0.3 is 0 Å². The summed E-state index contributed by atoms with van der Waals surface area (Å²) in [7, 11) is 6.03. The summed E-state index contributed by atoms with van der Waals surface area (Å²) in [6, 6.07) is 6.63. The lowest BCUT2D eigenvalue weighted by atomic mass is 9.91. The van der Waals surface area contributed by atoms with Crippen LogP contribution >= 0.6 is 0 Å². The van der Waals surface area contributed by atoms with Crippen LogP contribution < -0.4 is 18.9 Å². The summed E-state index contributed by atoms with van der Waals surface area (Å²) >= 11 is 0. The Morgan fingerprint density at radius 2 is 1.41 bits per heavy atom. The molecule has 144 valence electrons. The lowest BCUT2D eigenvalue weighted by molar-refractivity contribution is -0.386. The molecule has 2 aromatic rings. The van der Waals surface area contributed by atoms with Gasteiger partial charge in [0.15, 0.2) is 23.0 Å². The summed E-state index contributed by atoms with van der Waals surface area (Å²) in [4.78, 5) is 11.2. The second-order valence-corrected chi connectivity index (χ2v) is 5.93. The number of hydrogen-bond donors (Lipinski definition) is 0. The summed E-state index contributed by atoms with van der Waals surface area (Å²) in [5.41, 5.74) is 2.09. The number of hydrogen-bond acceptors (Lipinski definition) is 7. The van der Waals surface area contributed by atoms with Crippen molar-refractivity contribution in [3.05, 3.63) is 51.1 Å². The van der Waals surface area contributed by atoms with Gasteiger partial charge < -0.3 is 23.7 Å². The van der Waals surface area contributed by atoms with Gasteiger partial charge in [-0.15, -0.1) is 0 Å². The van der Waals surface area contributed by atoms with Gasteiger partial charge in [0.25, 0.3) is 5.69 Å². The first-order chi connectivity index (χ1) is 13.0. The fraction of sp³-hybridized carbons (Fsp3) is 0.368. The zero-order chi connectivity index (χ0) is 19.6. The van der Waals surface area contributed by atoms with E-state index in [-0.39, 0.29) is 11.4 Å². The maximum Gasteiger partial charge on any atom is 0.279 e. The minimum atomic E-state index is -0.631. The van der Waals surface area contributed by atoms with E-state index in [9.17, 15) is 10.1 Å². The molecule has 1 aliphatic heterocycles. The average molecular weight is 375 g/mol. The largest absolute Gasteiger partial charge is 0.493 e. The van der Waals surface area contributed by atoms with Gasteiger partial charge in [-0.3, -0.25) is 10.1 Å². The molecule has 2 aromatic carbocycles. The molecule has 0 spiro atoms. The molecule has 0 radical (unpaired) electrons. The van der Waals surface area contributed by atoms with Crippen LogP contribution in [0.2, 0.25) is 0 Å². The second kappa shape index (κ2) is 7.71. The van der Waals surface area contributed by atoms with Crippen molar-refractivity contribution >= 4 is 5.69 Å². The van der Waals surface area contributed by atoms with Crippen LogP contribution in [-0.4, -0.2) is 40.0 Å². The highest BCUT2D eigenvalue weighted by Crippen LogP contribution is 2.45. The molecule has 0 aliphatic carbocycles. The van der Waals surface area contributed by atoms with Crippen LogP contribution in [0, 0.1) is 10.1 Å². The first-order valence-electron chi connectivity index (χ1n) is 8.30. The highest BCUT2D eigenvalue weighted by molar-refractivity contribution is 5.59. The normalized spacial score (nSPS) is 15.6. The average Bonchev–Trinajstić information content (AvgIpc) is 2.70. The van der Waals surface area contributed by atoms with E-state index in [1.807, 2.05) is 6.07 Å². The Morgan fingerprint density at radius 1 is 0.889 bits per heavy atom. The Hall–Kier alpha value is -3.00. The smallest absolute Gasteiger partial charge is 0.279 e. The highest BCUT2D eigenvalue weighted by Gasteiger charge is 2.32.